The van der Waals surface area contributed by atoms with Gasteiger partial charge in [-0.1, -0.05) is 12.1 Å². The Balaban J connectivity index is 2.47. The van der Waals surface area contributed by atoms with Crippen molar-refractivity contribution in [3.05, 3.63) is 35.4 Å². The van der Waals surface area contributed by atoms with Crippen molar-refractivity contribution >= 4 is 5.78 Å². The van der Waals surface area contributed by atoms with Gasteiger partial charge in [-0.05, 0) is 11.6 Å². The van der Waals surface area contributed by atoms with Gasteiger partial charge >= 0.3 is 12.3 Å². The van der Waals surface area contributed by atoms with E-state index in [2.05, 4.69) is 4.74 Å². The van der Waals surface area contributed by atoms with Crippen LogP contribution in [-0.2, 0) is 16.0 Å². The molecule has 0 N–H and O–H groups in total. The van der Waals surface area contributed by atoms with Gasteiger partial charge in [0.15, 0.2) is 17.4 Å². The van der Waals surface area contributed by atoms with Crippen molar-refractivity contribution in [2.45, 2.75) is 18.8 Å². The summed E-state index contributed by atoms with van der Waals surface area (Å²) < 4.78 is 78.6. The fraction of sp³-hybridized carbons (Fsp3) is 0.417. The van der Waals surface area contributed by atoms with Gasteiger partial charge in [-0.2, -0.15) is 8.78 Å². The molecule has 1 rings (SSSR count). The van der Waals surface area contributed by atoms with Crippen molar-refractivity contribution in [2.24, 2.45) is 0 Å². The van der Waals surface area contributed by atoms with Crippen LogP contribution in [0.5, 0.6) is 0 Å². The molecule has 20 heavy (non-hydrogen) atoms. The number of carbonyl (C=O) groups is 1. The first-order valence-electron chi connectivity index (χ1n) is 5.42. The summed E-state index contributed by atoms with van der Waals surface area (Å²) in [7, 11) is 0. The first-order chi connectivity index (χ1) is 9.24. The lowest BCUT2D eigenvalue weighted by atomic mass is 10.1. The van der Waals surface area contributed by atoms with Gasteiger partial charge in [0.25, 0.3) is 0 Å². The Morgan fingerprint density at radius 1 is 1.25 bits per heavy atom. The van der Waals surface area contributed by atoms with Gasteiger partial charge in [0.1, 0.15) is 13.2 Å². The average molecular weight is 300 g/mol. The van der Waals surface area contributed by atoms with Gasteiger partial charge in [0, 0.05) is 6.42 Å². The van der Waals surface area contributed by atoms with Gasteiger partial charge in [-0.25, -0.2) is 17.6 Å². The Bertz CT molecular complexity index is 475. The third kappa shape index (κ3) is 4.52. The third-order valence-electron chi connectivity index (χ3n) is 2.30. The fourth-order valence-corrected chi connectivity index (χ4v) is 1.31. The lowest BCUT2D eigenvalue weighted by molar-refractivity contribution is -0.168. The topological polar surface area (TPSA) is 26.3 Å². The molecule has 2 nitrogen and oxygen atoms in total. The Hall–Kier alpha value is -1.57. The molecule has 8 heteroatoms. The molecule has 1 aromatic rings. The molecule has 112 valence electrons. The van der Waals surface area contributed by atoms with Crippen molar-refractivity contribution in [3.63, 3.8) is 0 Å². The van der Waals surface area contributed by atoms with E-state index in [0.717, 1.165) is 12.1 Å². The molecule has 0 aromatic heterocycles. The first kappa shape index (κ1) is 16.5. The van der Waals surface area contributed by atoms with Crippen molar-refractivity contribution in [1.82, 2.24) is 0 Å². The zero-order valence-corrected chi connectivity index (χ0v) is 10.0. The molecule has 1 aromatic carbocycles. The molecule has 0 aliphatic rings. The predicted molar refractivity (Wildman–Crippen MR) is 56.8 cm³/mol. The SMILES string of the molecule is O=C(COCC(F)(F)C(F)F)Cc1cccc(F)c1F. The monoisotopic (exact) mass is 300 g/mol. The molecular weight excluding hydrogens is 290 g/mol. The number of Topliss-reactive ketones (excluding diaryl/α,β-unsaturated/α-hetero) is 1. The largest absolute Gasteiger partial charge is 0.367 e. The molecule has 0 radical (unpaired) electrons. The highest BCUT2D eigenvalue weighted by Crippen LogP contribution is 2.22. The minimum atomic E-state index is -4.36. The van der Waals surface area contributed by atoms with E-state index < -0.39 is 49.4 Å². The zero-order chi connectivity index (χ0) is 15.3. The second kappa shape index (κ2) is 6.74. The Labute approximate surface area is 110 Å². The van der Waals surface area contributed by atoms with Gasteiger partial charge < -0.3 is 4.74 Å². The minimum absolute atomic E-state index is 0.265. The number of halogens is 6. The molecule has 0 unspecified atom stereocenters. The third-order valence-corrected chi connectivity index (χ3v) is 2.30. The highest BCUT2D eigenvalue weighted by atomic mass is 19.3. The number of ketones is 1. The van der Waals surface area contributed by atoms with Crippen LogP contribution >= 0.6 is 0 Å². The second-order valence-corrected chi connectivity index (χ2v) is 3.98. The molecular formula is C12H10F6O2. The number of hydrogen-bond acceptors (Lipinski definition) is 2. The maximum atomic E-state index is 13.2. The van der Waals surface area contributed by atoms with E-state index in [-0.39, 0.29) is 5.56 Å². The van der Waals surface area contributed by atoms with Crippen LogP contribution in [0.1, 0.15) is 5.56 Å². The summed E-state index contributed by atoms with van der Waals surface area (Å²) in [5, 5.41) is 0. The van der Waals surface area contributed by atoms with Crippen LogP contribution in [-0.4, -0.2) is 31.3 Å². The highest BCUT2D eigenvalue weighted by molar-refractivity contribution is 5.82. The number of rotatable bonds is 7. The Kier molecular flexibility index (Phi) is 5.55. The Morgan fingerprint density at radius 3 is 2.50 bits per heavy atom. The maximum absolute atomic E-state index is 13.2. The first-order valence-corrected chi connectivity index (χ1v) is 5.42. The number of benzene rings is 1. The molecule has 0 heterocycles. The summed E-state index contributed by atoms with van der Waals surface area (Å²) >= 11 is 0. The Morgan fingerprint density at radius 2 is 1.90 bits per heavy atom. The summed E-state index contributed by atoms with van der Waals surface area (Å²) in [5.41, 5.74) is -0.265. The molecule has 0 aliphatic carbocycles. The fourth-order valence-electron chi connectivity index (χ4n) is 1.31. The zero-order valence-electron chi connectivity index (χ0n) is 10.0. The average Bonchev–Trinajstić information content (AvgIpc) is 2.34. The summed E-state index contributed by atoms with van der Waals surface area (Å²) in [6, 6.07) is 3.17. The normalized spacial score (nSPS) is 11.9. The van der Waals surface area contributed by atoms with Crippen molar-refractivity contribution in [2.75, 3.05) is 13.2 Å². The summed E-state index contributed by atoms with van der Waals surface area (Å²) in [6.07, 6.45) is -4.48. The van der Waals surface area contributed by atoms with Crippen LogP contribution in [0.3, 0.4) is 0 Å². The number of ether oxygens (including phenoxy) is 1. The molecule has 0 saturated carbocycles. The quantitative estimate of drug-likeness (QED) is 0.724. The van der Waals surface area contributed by atoms with E-state index in [0.29, 0.717) is 0 Å². The van der Waals surface area contributed by atoms with Crippen LogP contribution in [0.15, 0.2) is 18.2 Å². The minimum Gasteiger partial charge on any atom is -0.367 e. The van der Waals surface area contributed by atoms with Crippen LogP contribution in [0.2, 0.25) is 0 Å². The molecule has 0 fully saturated rings. The number of hydrogen-bond donors (Lipinski definition) is 0. The summed E-state index contributed by atoms with van der Waals surface area (Å²) in [4.78, 5) is 11.3. The lowest BCUT2D eigenvalue weighted by Gasteiger charge is -2.14. The van der Waals surface area contributed by atoms with E-state index in [1.165, 1.54) is 6.07 Å². The second-order valence-electron chi connectivity index (χ2n) is 3.98. The van der Waals surface area contributed by atoms with Gasteiger partial charge in [-0.3, -0.25) is 4.79 Å². The van der Waals surface area contributed by atoms with E-state index in [4.69, 9.17) is 0 Å². The van der Waals surface area contributed by atoms with Crippen molar-refractivity contribution in [1.29, 1.82) is 0 Å². The lowest BCUT2D eigenvalue weighted by Crippen LogP contribution is -2.33. The molecule has 0 atom stereocenters. The predicted octanol–water partition coefficient (Wildman–Crippen LogP) is 2.99. The van der Waals surface area contributed by atoms with E-state index >= 15 is 0 Å². The highest BCUT2D eigenvalue weighted by Gasteiger charge is 2.41. The number of alkyl halides is 4. The van der Waals surface area contributed by atoms with E-state index in [9.17, 15) is 31.1 Å². The van der Waals surface area contributed by atoms with Gasteiger partial charge in [0.05, 0.1) is 0 Å². The van der Waals surface area contributed by atoms with Crippen LogP contribution in [0.25, 0.3) is 0 Å². The molecule has 0 spiro atoms. The molecule has 0 aliphatic heterocycles. The smallest absolute Gasteiger partial charge is 0.330 e. The van der Waals surface area contributed by atoms with Gasteiger partial charge in [-0.15, -0.1) is 0 Å². The summed E-state index contributed by atoms with van der Waals surface area (Å²) in [5.74, 6) is -7.57. The van der Waals surface area contributed by atoms with Gasteiger partial charge in [0.2, 0.25) is 0 Å². The maximum Gasteiger partial charge on any atom is 0.330 e. The van der Waals surface area contributed by atoms with Crippen LogP contribution < -0.4 is 0 Å². The molecule has 0 amide bonds. The standard InChI is InChI=1S/C12H10F6O2/c13-9-3-1-2-7(10(9)14)4-8(19)5-20-6-12(17,18)11(15)16/h1-3,11H,4-6H2. The van der Waals surface area contributed by atoms with Crippen molar-refractivity contribution in [3.8, 4) is 0 Å². The van der Waals surface area contributed by atoms with E-state index in [1.807, 2.05) is 0 Å². The van der Waals surface area contributed by atoms with Crippen molar-refractivity contribution < 1.29 is 35.9 Å². The van der Waals surface area contributed by atoms with Crippen LogP contribution in [0.4, 0.5) is 26.3 Å². The molecule has 0 saturated heterocycles. The van der Waals surface area contributed by atoms with E-state index in [1.54, 1.807) is 0 Å². The molecule has 0 bridgehead atoms. The van der Waals surface area contributed by atoms with Crippen LogP contribution in [0, 0.1) is 11.6 Å². The summed E-state index contributed by atoms with van der Waals surface area (Å²) in [6.45, 7) is -2.51. The number of carbonyl (C=O) groups excluding carboxylic acids is 1.